The zero-order valence-corrected chi connectivity index (χ0v) is 15.2. The zero-order valence-electron chi connectivity index (χ0n) is 15.2. The highest BCUT2D eigenvalue weighted by atomic mass is 16.5. The Morgan fingerprint density at radius 1 is 0.607 bits per heavy atom. The highest BCUT2D eigenvalue weighted by molar-refractivity contribution is 5.76. The van der Waals surface area contributed by atoms with Crippen LogP contribution in [0.2, 0.25) is 0 Å². The van der Waals surface area contributed by atoms with Gasteiger partial charge in [-0.3, -0.25) is 0 Å². The van der Waals surface area contributed by atoms with Crippen LogP contribution in [-0.2, 0) is 0 Å². The van der Waals surface area contributed by atoms with Crippen LogP contribution in [0.3, 0.4) is 0 Å². The van der Waals surface area contributed by atoms with E-state index in [0.717, 1.165) is 0 Å². The lowest BCUT2D eigenvalue weighted by Crippen LogP contribution is -1.94. The molecule has 2 heterocycles. The third-order valence-electron chi connectivity index (χ3n) is 4.42. The fourth-order valence-corrected chi connectivity index (χ4v) is 3.08. The fourth-order valence-electron chi connectivity index (χ4n) is 3.08. The van der Waals surface area contributed by atoms with E-state index < -0.39 is 0 Å². The van der Waals surface area contributed by atoms with Gasteiger partial charge >= 0.3 is 0 Å². The summed E-state index contributed by atoms with van der Waals surface area (Å²) in [6, 6.07) is 23.3. The van der Waals surface area contributed by atoms with Gasteiger partial charge in [-0.1, -0.05) is 30.3 Å². The van der Waals surface area contributed by atoms with Crippen molar-refractivity contribution in [3.63, 3.8) is 0 Å². The van der Waals surface area contributed by atoms with Crippen LogP contribution in [0, 0.1) is 0 Å². The van der Waals surface area contributed by atoms with Crippen molar-refractivity contribution in [2.24, 2.45) is 0 Å². The number of benzene rings is 2. The van der Waals surface area contributed by atoms with Crippen molar-refractivity contribution < 1.29 is 14.9 Å². The van der Waals surface area contributed by atoms with Gasteiger partial charge in [0.1, 0.15) is 17.2 Å². The molecule has 0 unspecified atom stereocenters. The fraction of sp³-hybridized carbons (Fsp3) is 0.0435. The van der Waals surface area contributed by atoms with Crippen LogP contribution in [0.25, 0.3) is 33.9 Å². The van der Waals surface area contributed by atoms with Gasteiger partial charge < -0.3 is 14.9 Å². The van der Waals surface area contributed by atoms with E-state index in [0.29, 0.717) is 39.7 Å². The van der Waals surface area contributed by atoms with Crippen molar-refractivity contribution in [2.45, 2.75) is 0 Å². The van der Waals surface area contributed by atoms with E-state index in [4.69, 9.17) is 4.74 Å². The number of para-hydroxylation sites is 1. The molecule has 0 fully saturated rings. The minimum absolute atomic E-state index is 0.0971. The normalized spacial score (nSPS) is 10.6. The molecule has 138 valence electrons. The Bertz CT molecular complexity index is 1140. The lowest BCUT2D eigenvalue weighted by Gasteiger charge is -2.11. The van der Waals surface area contributed by atoms with E-state index in [1.165, 1.54) is 0 Å². The zero-order chi connectivity index (χ0) is 19.5. The maximum Gasteiger partial charge on any atom is 0.132 e. The predicted octanol–water partition coefficient (Wildman–Crippen LogP) is 4.90. The molecule has 0 bridgehead atoms. The Labute approximate surface area is 162 Å². The second-order valence-corrected chi connectivity index (χ2v) is 6.19. The smallest absolute Gasteiger partial charge is 0.132 e. The number of phenols is 2. The van der Waals surface area contributed by atoms with Crippen molar-refractivity contribution in [3.05, 3.63) is 78.9 Å². The topological polar surface area (TPSA) is 75.5 Å². The molecule has 0 saturated carbocycles. The number of methoxy groups -OCH3 is 1. The summed E-state index contributed by atoms with van der Waals surface area (Å²) in [5, 5.41) is 20.4. The van der Waals surface area contributed by atoms with Crippen LogP contribution >= 0.6 is 0 Å². The quantitative estimate of drug-likeness (QED) is 0.534. The van der Waals surface area contributed by atoms with E-state index in [-0.39, 0.29) is 11.5 Å². The predicted molar refractivity (Wildman–Crippen MR) is 108 cm³/mol. The molecular weight excluding hydrogens is 352 g/mol. The first-order chi connectivity index (χ1) is 13.7. The van der Waals surface area contributed by atoms with Crippen molar-refractivity contribution in [2.75, 3.05) is 7.11 Å². The van der Waals surface area contributed by atoms with Crippen molar-refractivity contribution in [1.82, 2.24) is 9.97 Å². The number of pyridine rings is 2. The number of hydrogen-bond donors (Lipinski definition) is 2. The molecule has 0 aliphatic carbocycles. The Morgan fingerprint density at radius 3 is 1.89 bits per heavy atom. The maximum atomic E-state index is 10.3. The monoisotopic (exact) mass is 370 g/mol. The van der Waals surface area contributed by atoms with Gasteiger partial charge in [0.25, 0.3) is 0 Å². The molecule has 5 heteroatoms. The summed E-state index contributed by atoms with van der Waals surface area (Å²) < 4.78 is 5.37. The van der Waals surface area contributed by atoms with Gasteiger partial charge in [0.2, 0.25) is 0 Å². The number of aromatic nitrogens is 2. The summed E-state index contributed by atoms with van der Waals surface area (Å²) in [5.74, 6) is 0.813. The Kier molecular flexibility index (Phi) is 4.64. The first-order valence-corrected chi connectivity index (χ1v) is 8.76. The lowest BCUT2D eigenvalue weighted by molar-refractivity contribution is 0.410. The maximum absolute atomic E-state index is 10.3. The molecule has 2 aromatic heterocycles. The van der Waals surface area contributed by atoms with Crippen LogP contribution in [0.15, 0.2) is 78.9 Å². The molecule has 2 aromatic carbocycles. The molecule has 4 rings (SSSR count). The average molecular weight is 370 g/mol. The number of aromatic hydroxyl groups is 2. The second kappa shape index (κ2) is 7.40. The molecule has 0 amide bonds. The largest absolute Gasteiger partial charge is 0.507 e. The summed E-state index contributed by atoms with van der Waals surface area (Å²) in [7, 11) is 1.56. The Morgan fingerprint density at radius 2 is 1.18 bits per heavy atom. The first kappa shape index (κ1) is 17.5. The molecule has 0 aliphatic rings. The summed E-state index contributed by atoms with van der Waals surface area (Å²) in [4.78, 5) is 9.33. The number of ether oxygens (including phenoxy) is 1. The molecule has 28 heavy (non-hydrogen) atoms. The van der Waals surface area contributed by atoms with Gasteiger partial charge in [-0.05, 0) is 48.5 Å². The van der Waals surface area contributed by atoms with Crippen molar-refractivity contribution >= 4 is 0 Å². The Hall–Kier alpha value is -3.86. The molecule has 5 nitrogen and oxygen atoms in total. The van der Waals surface area contributed by atoms with Gasteiger partial charge in [0.05, 0.1) is 35.4 Å². The highest BCUT2D eigenvalue weighted by Crippen LogP contribution is 2.37. The SMILES string of the molecule is COc1cccc(O)c1-c1cccc(-c2cccc(-c3ccccc3O)n2)n1. The summed E-state index contributed by atoms with van der Waals surface area (Å²) in [6.45, 7) is 0. The first-order valence-electron chi connectivity index (χ1n) is 8.76. The van der Waals surface area contributed by atoms with E-state index >= 15 is 0 Å². The minimum Gasteiger partial charge on any atom is -0.507 e. The summed E-state index contributed by atoms with van der Waals surface area (Å²) in [6.07, 6.45) is 0. The second-order valence-electron chi connectivity index (χ2n) is 6.19. The van der Waals surface area contributed by atoms with Crippen molar-refractivity contribution in [1.29, 1.82) is 0 Å². The standard InChI is InChI=1S/C23H18N2O3/c1-28-22-14-6-13-21(27)23(22)19-11-5-10-18(25-19)17-9-4-8-16(24-17)15-7-2-3-12-20(15)26/h2-14,26-27H,1H3. The summed E-state index contributed by atoms with van der Waals surface area (Å²) >= 11 is 0. The van der Waals surface area contributed by atoms with Gasteiger partial charge in [0, 0.05) is 5.56 Å². The number of phenolic OH excluding ortho intramolecular Hbond substituents is 2. The molecule has 0 spiro atoms. The average Bonchev–Trinajstić information content (AvgIpc) is 2.74. The van der Waals surface area contributed by atoms with E-state index in [9.17, 15) is 10.2 Å². The van der Waals surface area contributed by atoms with Gasteiger partial charge in [-0.2, -0.15) is 0 Å². The number of nitrogens with zero attached hydrogens (tertiary/aromatic N) is 2. The molecular formula is C23H18N2O3. The van der Waals surface area contributed by atoms with Gasteiger partial charge in [-0.25, -0.2) is 9.97 Å². The van der Waals surface area contributed by atoms with E-state index in [2.05, 4.69) is 9.97 Å². The van der Waals surface area contributed by atoms with Crippen LogP contribution in [0.5, 0.6) is 17.2 Å². The Balaban J connectivity index is 1.80. The molecule has 0 aliphatic heterocycles. The van der Waals surface area contributed by atoms with E-state index in [1.807, 2.05) is 48.5 Å². The van der Waals surface area contributed by atoms with Crippen LogP contribution in [-0.4, -0.2) is 27.3 Å². The molecule has 0 radical (unpaired) electrons. The molecule has 0 saturated heterocycles. The van der Waals surface area contributed by atoms with Gasteiger partial charge in [-0.15, -0.1) is 0 Å². The van der Waals surface area contributed by atoms with E-state index in [1.54, 1.807) is 37.4 Å². The summed E-state index contributed by atoms with van der Waals surface area (Å²) in [5.41, 5.74) is 3.74. The molecule has 4 aromatic rings. The lowest BCUT2D eigenvalue weighted by atomic mass is 10.1. The molecule has 0 atom stereocenters. The molecule has 2 N–H and O–H groups in total. The van der Waals surface area contributed by atoms with Crippen molar-refractivity contribution in [3.8, 4) is 51.2 Å². The highest BCUT2D eigenvalue weighted by Gasteiger charge is 2.14. The van der Waals surface area contributed by atoms with Gasteiger partial charge in [0.15, 0.2) is 0 Å². The minimum atomic E-state index is 0.0971. The third kappa shape index (κ3) is 3.25. The van der Waals surface area contributed by atoms with Crippen LogP contribution in [0.1, 0.15) is 0 Å². The van der Waals surface area contributed by atoms with Crippen LogP contribution in [0.4, 0.5) is 0 Å². The van der Waals surface area contributed by atoms with Crippen LogP contribution < -0.4 is 4.74 Å². The number of hydrogen-bond acceptors (Lipinski definition) is 5. The number of rotatable bonds is 4. The third-order valence-corrected chi connectivity index (χ3v) is 4.42.